The van der Waals surface area contributed by atoms with Crippen molar-refractivity contribution in [2.24, 2.45) is 24.3 Å². The lowest BCUT2D eigenvalue weighted by Crippen LogP contribution is -2.38. The number of rotatable bonds is 3. The summed E-state index contributed by atoms with van der Waals surface area (Å²) in [5, 5.41) is 2.18. The molecule has 2 atom stereocenters. The van der Waals surface area contributed by atoms with Crippen LogP contribution in [0.15, 0.2) is 40.2 Å². The molecular formula is C24H34N2O. The van der Waals surface area contributed by atoms with Crippen LogP contribution in [0.3, 0.4) is 0 Å². The number of allylic oxidation sites excluding steroid dienone is 6. The van der Waals surface area contributed by atoms with Crippen LogP contribution in [0.5, 0.6) is 0 Å². The molecule has 0 aliphatic heterocycles. The summed E-state index contributed by atoms with van der Waals surface area (Å²) >= 11 is 0. The van der Waals surface area contributed by atoms with E-state index in [1.165, 1.54) is 11.1 Å². The highest BCUT2D eigenvalue weighted by molar-refractivity contribution is 5.44. The third-order valence-electron chi connectivity index (χ3n) is 6.34. The molecule has 0 fully saturated rings. The molecule has 0 radical (unpaired) electrons. The van der Waals surface area contributed by atoms with Crippen molar-refractivity contribution >= 4 is 12.2 Å². The minimum absolute atomic E-state index is 0.106. The lowest BCUT2D eigenvalue weighted by molar-refractivity contribution is 0.229. The van der Waals surface area contributed by atoms with Gasteiger partial charge in [0.1, 0.15) is 0 Å². The van der Waals surface area contributed by atoms with Gasteiger partial charge in [-0.05, 0) is 37.5 Å². The molecule has 0 aromatic carbocycles. The summed E-state index contributed by atoms with van der Waals surface area (Å²) in [6.07, 6.45) is 16.7. The lowest BCUT2D eigenvalue weighted by Gasteiger charge is -2.27. The molecule has 27 heavy (non-hydrogen) atoms. The SMILES string of the molecule is CC1=C/CC/C(C2C=c3c(n(CC(C)C(C)(C)C)c(=O)n3C)=CC2)=C/C=C\1. The van der Waals surface area contributed by atoms with Gasteiger partial charge in [-0.2, -0.15) is 0 Å². The Morgan fingerprint density at radius 2 is 1.96 bits per heavy atom. The van der Waals surface area contributed by atoms with E-state index >= 15 is 0 Å². The van der Waals surface area contributed by atoms with Gasteiger partial charge in [-0.15, -0.1) is 0 Å². The van der Waals surface area contributed by atoms with Crippen molar-refractivity contribution in [1.29, 1.82) is 0 Å². The molecule has 0 saturated carbocycles. The minimum atomic E-state index is 0.106. The van der Waals surface area contributed by atoms with E-state index in [1.807, 2.05) is 16.2 Å². The molecule has 3 heteroatoms. The Balaban J connectivity index is 1.97. The summed E-state index contributed by atoms with van der Waals surface area (Å²) in [6.45, 7) is 11.9. The smallest absolute Gasteiger partial charge is 0.295 e. The maximum Gasteiger partial charge on any atom is 0.328 e. The van der Waals surface area contributed by atoms with Crippen molar-refractivity contribution in [1.82, 2.24) is 9.13 Å². The van der Waals surface area contributed by atoms with E-state index in [0.29, 0.717) is 11.8 Å². The standard InChI is InChI=1S/C24H34N2O/c1-17-9-7-11-19(12-8-10-17)20-13-14-21-22(15-20)25(6)23(27)26(21)16-18(2)24(3,4)5/h7,9-11,14-15,18,20H,8,12-13,16H2,1-6H3/b9-7-,17-10-,19-11-. The molecule has 3 rings (SSSR count). The Morgan fingerprint density at radius 1 is 1.22 bits per heavy atom. The summed E-state index contributed by atoms with van der Waals surface area (Å²) in [5.41, 5.74) is 3.08. The maximum atomic E-state index is 12.9. The van der Waals surface area contributed by atoms with Crippen molar-refractivity contribution < 1.29 is 0 Å². The first-order chi connectivity index (χ1) is 12.7. The highest BCUT2D eigenvalue weighted by Gasteiger charge is 2.23. The van der Waals surface area contributed by atoms with Gasteiger partial charge in [0.15, 0.2) is 0 Å². The molecule has 2 aliphatic carbocycles. The average Bonchev–Trinajstić information content (AvgIpc) is 2.82. The minimum Gasteiger partial charge on any atom is -0.295 e. The van der Waals surface area contributed by atoms with Gasteiger partial charge in [0.25, 0.3) is 0 Å². The van der Waals surface area contributed by atoms with Crippen molar-refractivity contribution in [3.63, 3.8) is 0 Å². The van der Waals surface area contributed by atoms with Crippen LogP contribution in [0.2, 0.25) is 0 Å². The van der Waals surface area contributed by atoms with Gasteiger partial charge in [-0.1, -0.05) is 75.3 Å². The van der Waals surface area contributed by atoms with Crippen molar-refractivity contribution in [2.75, 3.05) is 0 Å². The Morgan fingerprint density at radius 3 is 2.67 bits per heavy atom. The Hall–Kier alpha value is -2.03. The second kappa shape index (κ2) is 7.53. The normalized spacial score (nSPS) is 26.2. The summed E-state index contributed by atoms with van der Waals surface area (Å²) < 4.78 is 3.81. The molecule has 0 saturated heterocycles. The predicted molar refractivity (Wildman–Crippen MR) is 115 cm³/mol. The molecule has 2 aliphatic rings. The molecule has 2 unspecified atom stereocenters. The summed E-state index contributed by atoms with van der Waals surface area (Å²) in [7, 11) is 1.91. The molecular weight excluding hydrogens is 332 g/mol. The third kappa shape index (κ3) is 4.12. The molecule has 0 N–H and O–H groups in total. The van der Waals surface area contributed by atoms with Crippen LogP contribution in [0.1, 0.15) is 53.9 Å². The number of hydrogen-bond acceptors (Lipinski definition) is 1. The van der Waals surface area contributed by atoms with Gasteiger partial charge in [-0.25, -0.2) is 4.79 Å². The zero-order chi connectivity index (χ0) is 19.8. The van der Waals surface area contributed by atoms with E-state index < -0.39 is 0 Å². The first-order valence-electron chi connectivity index (χ1n) is 10.2. The van der Waals surface area contributed by atoms with Crippen molar-refractivity contribution in [3.05, 3.63) is 56.6 Å². The van der Waals surface area contributed by atoms with Gasteiger partial charge in [0, 0.05) is 19.5 Å². The van der Waals surface area contributed by atoms with Gasteiger partial charge in [-0.3, -0.25) is 9.13 Å². The fourth-order valence-corrected chi connectivity index (χ4v) is 3.84. The van der Waals surface area contributed by atoms with Gasteiger partial charge < -0.3 is 0 Å². The fourth-order valence-electron chi connectivity index (χ4n) is 3.84. The average molecular weight is 367 g/mol. The summed E-state index contributed by atoms with van der Waals surface area (Å²) in [4.78, 5) is 12.9. The Kier molecular flexibility index (Phi) is 5.50. The Labute approximate surface area is 163 Å². The van der Waals surface area contributed by atoms with Gasteiger partial charge in [0.2, 0.25) is 0 Å². The molecule has 3 nitrogen and oxygen atoms in total. The van der Waals surface area contributed by atoms with E-state index in [-0.39, 0.29) is 11.1 Å². The van der Waals surface area contributed by atoms with Crippen LogP contribution >= 0.6 is 0 Å². The highest BCUT2D eigenvalue weighted by atomic mass is 16.1. The highest BCUT2D eigenvalue weighted by Crippen LogP contribution is 2.27. The van der Waals surface area contributed by atoms with E-state index in [1.54, 1.807) is 0 Å². The lowest BCUT2D eigenvalue weighted by atomic mass is 9.82. The number of nitrogens with zero attached hydrogens (tertiary/aromatic N) is 2. The zero-order valence-corrected chi connectivity index (χ0v) is 17.7. The number of hydrogen-bond donors (Lipinski definition) is 0. The Bertz CT molecular complexity index is 973. The van der Waals surface area contributed by atoms with Crippen molar-refractivity contribution in [2.45, 2.75) is 60.4 Å². The van der Waals surface area contributed by atoms with Crippen molar-refractivity contribution in [3.8, 4) is 0 Å². The van der Waals surface area contributed by atoms with E-state index in [9.17, 15) is 4.79 Å². The monoisotopic (exact) mass is 366 g/mol. The second-order valence-corrected chi connectivity index (χ2v) is 9.29. The molecule has 0 bridgehead atoms. The zero-order valence-electron chi connectivity index (χ0n) is 17.7. The maximum absolute atomic E-state index is 12.9. The molecule has 146 valence electrons. The fraction of sp³-hybridized carbons (Fsp3) is 0.542. The molecule has 1 heterocycles. The van der Waals surface area contributed by atoms with Gasteiger partial charge in [0.05, 0.1) is 10.7 Å². The predicted octanol–water partition coefficient (Wildman–Crippen LogP) is 3.67. The van der Waals surface area contributed by atoms with Crippen LogP contribution < -0.4 is 16.4 Å². The number of imidazole rings is 1. The van der Waals surface area contributed by atoms with Crippen LogP contribution in [-0.2, 0) is 13.6 Å². The topological polar surface area (TPSA) is 26.9 Å². The van der Waals surface area contributed by atoms with Crippen LogP contribution in [0.25, 0.3) is 12.2 Å². The summed E-state index contributed by atoms with van der Waals surface area (Å²) in [6, 6.07) is 0. The summed E-state index contributed by atoms with van der Waals surface area (Å²) in [5.74, 6) is 0.816. The number of aromatic nitrogens is 2. The number of fused-ring (bicyclic) bond motifs is 1. The molecule has 0 spiro atoms. The van der Waals surface area contributed by atoms with Gasteiger partial charge >= 0.3 is 5.69 Å². The third-order valence-corrected chi connectivity index (χ3v) is 6.34. The first kappa shape index (κ1) is 19.7. The van der Waals surface area contributed by atoms with Crippen LogP contribution in [-0.4, -0.2) is 9.13 Å². The van der Waals surface area contributed by atoms with E-state index in [2.05, 4.69) is 71.1 Å². The van der Waals surface area contributed by atoms with E-state index in [4.69, 9.17) is 0 Å². The molecule has 1 aromatic heterocycles. The first-order valence-corrected chi connectivity index (χ1v) is 10.2. The van der Waals surface area contributed by atoms with Crippen LogP contribution in [0.4, 0.5) is 0 Å². The van der Waals surface area contributed by atoms with Crippen LogP contribution in [0, 0.1) is 17.3 Å². The van der Waals surface area contributed by atoms with E-state index in [0.717, 1.165) is 36.5 Å². The quantitative estimate of drug-likeness (QED) is 0.802. The second-order valence-electron chi connectivity index (χ2n) is 9.29. The largest absolute Gasteiger partial charge is 0.328 e. The molecule has 0 amide bonds. The molecule has 1 aromatic rings.